The summed E-state index contributed by atoms with van der Waals surface area (Å²) in [6, 6.07) is 13.6. The molecule has 178 valence electrons. The average molecular weight is 471 g/mol. The van der Waals surface area contributed by atoms with Gasteiger partial charge < -0.3 is 9.47 Å². The van der Waals surface area contributed by atoms with Gasteiger partial charge in [0.2, 0.25) is 16.6 Å². The predicted octanol–water partition coefficient (Wildman–Crippen LogP) is 4.65. The summed E-state index contributed by atoms with van der Waals surface area (Å²) in [5.41, 5.74) is 1.15. The van der Waals surface area contributed by atoms with Gasteiger partial charge in [-0.2, -0.15) is 0 Å². The maximum atomic E-state index is 13.1. The van der Waals surface area contributed by atoms with Gasteiger partial charge in [-0.3, -0.25) is 9.80 Å². The van der Waals surface area contributed by atoms with Crippen LogP contribution in [0.15, 0.2) is 52.3 Å². The summed E-state index contributed by atoms with van der Waals surface area (Å²) in [5.74, 6) is 1.05. The molecule has 6 nitrogen and oxygen atoms in total. The first kappa shape index (κ1) is 22.7. The summed E-state index contributed by atoms with van der Waals surface area (Å²) in [5, 5.41) is 0. The highest BCUT2D eigenvalue weighted by molar-refractivity contribution is 7.91. The molecule has 2 aromatic rings. The van der Waals surface area contributed by atoms with Crippen molar-refractivity contribution in [2.75, 3.05) is 26.4 Å². The number of benzene rings is 2. The molecule has 2 atom stereocenters. The zero-order valence-electron chi connectivity index (χ0n) is 19.6. The minimum absolute atomic E-state index is 0.124. The molecule has 5 rings (SSSR count). The molecule has 0 spiro atoms. The second-order valence-corrected chi connectivity index (χ2v) is 11.6. The monoisotopic (exact) mass is 470 g/mol. The number of piperazine rings is 1. The molecule has 0 aromatic heterocycles. The van der Waals surface area contributed by atoms with Crippen molar-refractivity contribution in [2.24, 2.45) is 0 Å². The van der Waals surface area contributed by atoms with Crippen LogP contribution in [0.4, 0.5) is 0 Å². The van der Waals surface area contributed by atoms with Crippen LogP contribution in [-0.4, -0.2) is 56.7 Å². The van der Waals surface area contributed by atoms with Crippen LogP contribution in [0, 0.1) is 0 Å². The predicted molar refractivity (Wildman–Crippen MR) is 127 cm³/mol. The van der Waals surface area contributed by atoms with Crippen molar-refractivity contribution in [2.45, 2.75) is 73.9 Å². The van der Waals surface area contributed by atoms with Gasteiger partial charge in [0.05, 0.1) is 9.79 Å². The van der Waals surface area contributed by atoms with E-state index in [0.717, 1.165) is 31.2 Å². The molecule has 3 aliphatic rings. The molecule has 2 aromatic carbocycles. The Labute approximate surface area is 197 Å². The SMILES string of the molecule is C[C@@H]1CN(C2CCCCC2)CCN1[C@@H](C)c1ccc(S(=O)(=O)c2ccc3c(c2)OCO3)cc1. The molecular weight excluding hydrogens is 436 g/mol. The van der Waals surface area contributed by atoms with Crippen LogP contribution in [0.25, 0.3) is 0 Å². The van der Waals surface area contributed by atoms with Crippen LogP contribution in [0.3, 0.4) is 0 Å². The molecule has 0 amide bonds. The second kappa shape index (κ2) is 9.28. The van der Waals surface area contributed by atoms with Crippen molar-refractivity contribution < 1.29 is 17.9 Å². The van der Waals surface area contributed by atoms with Crippen molar-refractivity contribution in [1.29, 1.82) is 0 Å². The quantitative estimate of drug-likeness (QED) is 0.634. The van der Waals surface area contributed by atoms with E-state index in [-0.39, 0.29) is 17.7 Å². The number of nitrogens with zero attached hydrogens (tertiary/aromatic N) is 2. The lowest BCUT2D eigenvalue weighted by atomic mass is 9.93. The summed E-state index contributed by atoms with van der Waals surface area (Å²) < 4.78 is 36.9. The molecule has 2 aliphatic heterocycles. The van der Waals surface area contributed by atoms with Gasteiger partial charge >= 0.3 is 0 Å². The number of ether oxygens (including phenoxy) is 2. The summed E-state index contributed by atoms with van der Waals surface area (Å²) in [6.07, 6.45) is 6.83. The lowest BCUT2D eigenvalue weighted by Gasteiger charge is -2.46. The minimum Gasteiger partial charge on any atom is -0.454 e. The summed E-state index contributed by atoms with van der Waals surface area (Å²) >= 11 is 0. The maximum Gasteiger partial charge on any atom is 0.231 e. The third-order valence-corrected chi connectivity index (χ3v) is 9.39. The largest absolute Gasteiger partial charge is 0.454 e. The second-order valence-electron chi connectivity index (χ2n) is 9.64. The molecule has 0 N–H and O–H groups in total. The van der Waals surface area contributed by atoms with E-state index in [1.54, 1.807) is 30.3 Å². The Balaban J connectivity index is 1.27. The topological polar surface area (TPSA) is 59.1 Å². The lowest BCUT2D eigenvalue weighted by molar-refractivity contribution is 0.0225. The molecular formula is C26H34N2O4S. The standard InChI is InChI=1S/C26H34N2O4S/c1-19-17-27(22-6-4-3-5-7-22)14-15-28(19)20(2)21-8-10-23(11-9-21)33(29,30)24-12-13-25-26(16-24)32-18-31-25/h8-13,16,19-20,22H,3-7,14-15,17-18H2,1-2H3/t19-,20+/m1/s1. The molecule has 0 bridgehead atoms. The Hall–Kier alpha value is -2.09. The van der Waals surface area contributed by atoms with Crippen LogP contribution in [-0.2, 0) is 9.84 Å². The Morgan fingerprint density at radius 3 is 2.33 bits per heavy atom. The van der Waals surface area contributed by atoms with E-state index < -0.39 is 9.84 Å². The van der Waals surface area contributed by atoms with E-state index in [9.17, 15) is 8.42 Å². The fraction of sp³-hybridized carbons (Fsp3) is 0.538. The van der Waals surface area contributed by atoms with Crippen molar-refractivity contribution in [3.8, 4) is 11.5 Å². The number of hydrogen-bond acceptors (Lipinski definition) is 6. The number of sulfone groups is 1. The summed E-state index contributed by atoms with van der Waals surface area (Å²) in [7, 11) is -3.61. The molecule has 1 aliphatic carbocycles. The van der Waals surface area contributed by atoms with Gasteiger partial charge in [-0.25, -0.2) is 8.42 Å². The van der Waals surface area contributed by atoms with Crippen LogP contribution < -0.4 is 9.47 Å². The Kier molecular flexibility index (Phi) is 6.38. The Morgan fingerprint density at radius 1 is 0.909 bits per heavy atom. The van der Waals surface area contributed by atoms with E-state index in [1.165, 1.54) is 32.1 Å². The first-order valence-electron chi connectivity index (χ1n) is 12.2. The summed E-state index contributed by atoms with van der Waals surface area (Å²) in [6.45, 7) is 7.97. The van der Waals surface area contributed by atoms with E-state index in [0.29, 0.717) is 22.4 Å². The minimum atomic E-state index is -3.61. The van der Waals surface area contributed by atoms with Crippen LogP contribution in [0.2, 0.25) is 0 Å². The molecule has 7 heteroatoms. The van der Waals surface area contributed by atoms with Gasteiger partial charge in [0, 0.05) is 43.8 Å². The lowest BCUT2D eigenvalue weighted by Crippen LogP contribution is -2.55. The van der Waals surface area contributed by atoms with Gasteiger partial charge in [-0.1, -0.05) is 31.4 Å². The highest BCUT2D eigenvalue weighted by Crippen LogP contribution is 2.36. The molecule has 2 fully saturated rings. The van der Waals surface area contributed by atoms with Crippen LogP contribution >= 0.6 is 0 Å². The highest BCUT2D eigenvalue weighted by Gasteiger charge is 2.32. The molecule has 33 heavy (non-hydrogen) atoms. The zero-order chi connectivity index (χ0) is 23.0. The molecule has 1 saturated carbocycles. The fourth-order valence-electron chi connectivity index (χ4n) is 5.65. The zero-order valence-corrected chi connectivity index (χ0v) is 20.4. The van der Waals surface area contributed by atoms with Gasteiger partial charge in [-0.05, 0) is 56.5 Å². The first-order chi connectivity index (χ1) is 15.9. The molecule has 2 heterocycles. The van der Waals surface area contributed by atoms with Crippen molar-refractivity contribution in [3.63, 3.8) is 0 Å². The smallest absolute Gasteiger partial charge is 0.231 e. The summed E-state index contributed by atoms with van der Waals surface area (Å²) in [4.78, 5) is 5.78. The first-order valence-corrected chi connectivity index (χ1v) is 13.7. The van der Waals surface area contributed by atoms with Crippen molar-refractivity contribution in [1.82, 2.24) is 9.80 Å². The third-order valence-electron chi connectivity index (χ3n) is 7.63. The number of rotatable bonds is 5. The maximum absolute atomic E-state index is 13.1. The van der Waals surface area contributed by atoms with Crippen molar-refractivity contribution >= 4 is 9.84 Å². The number of hydrogen-bond donors (Lipinski definition) is 0. The van der Waals surface area contributed by atoms with E-state index in [2.05, 4.69) is 23.6 Å². The normalized spacial score (nSPS) is 23.5. The Morgan fingerprint density at radius 2 is 1.61 bits per heavy atom. The Bertz CT molecular complexity index is 1080. The van der Waals surface area contributed by atoms with Gasteiger partial charge in [0.15, 0.2) is 11.5 Å². The molecule has 0 unspecified atom stereocenters. The highest BCUT2D eigenvalue weighted by atomic mass is 32.2. The van der Waals surface area contributed by atoms with Crippen LogP contribution in [0.1, 0.15) is 57.6 Å². The molecule has 0 radical (unpaired) electrons. The van der Waals surface area contributed by atoms with E-state index in [4.69, 9.17) is 9.47 Å². The van der Waals surface area contributed by atoms with Gasteiger partial charge in [-0.15, -0.1) is 0 Å². The van der Waals surface area contributed by atoms with E-state index >= 15 is 0 Å². The van der Waals surface area contributed by atoms with Gasteiger partial charge in [0.25, 0.3) is 0 Å². The fourth-order valence-corrected chi connectivity index (χ4v) is 6.93. The number of fused-ring (bicyclic) bond motifs is 1. The third kappa shape index (κ3) is 4.51. The average Bonchev–Trinajstić information content (AvgIpc) is 3.32. The van der Waals surface area contributed by atoms with Gasteiger partial charge in [0.1, 0.15) is 0 Å². The van der Waals surface area contributed by atoms with Crippen LogP contribution in [0.5, 0.6) is 11.5 Å². The van der Waals surface area contributed by atoms with E-state index in [1.807, 2.05) is 12.1 Å². The van der Waals surface area contributed by atoms with Crippen molar-refractivity contribution in [3.05, 3.63) is 48.0 Å². The molecule has 1 saturated heterocycles.